The van der Waals surface area contributed by atoms with Gasteiger partial charge in [-0.15, -0.1) is 6.58 Å². The second kappa shape index (κ2) is 5.73. The van der Waals surface area contributed by atoms with Crippen LogP contribution in [0, 0.1) is 0 Å². The Morgan fingerprint density at radius 3 is 2.58 bits per heavy atom. The van der Waals surface area contributed by atoms with Gasteiger partial charge in [0, 0.05) is 6.42 Å². The Labute approximate surface area is 108 Å². The summed E-state index contributed by atoms with van der Waals surface area (Å²) in [5.41, 5.74) is 4.52. The number of rotatable bonds is 5. The molecule has 19 heavy (non-hydrogen) atoms. The summed E-state index contributed by atoms with van der Waals surface area (Å²) in [5, 5.41) is 0. The summed E-state index contributed by atoms with van der Waals surface area (Å²) >= 11 is 0. The van der Waals surface area contributed by atoms with Crippen molar-refractivity contribution in [1.82, 2.24) is 4.98 Å². The van der Waals surface area contributed by atoms with Crippen LogP contribution < -0.4 is 10.5 Å². The SMILES string of the molecule is C=C(C)CCOc1nc(C(F)(F)F)ccc1C(N)=O. The van der Waals surface area contributed by atoms with Gasteiger partial charge in [-0.25, -0.2) is 4.98 Å². The van der Waals surface area contributed by atoms with Crippen molar-refractivity contribution in [3.63, 3.8) is 0 Å². The predicted octanol–water partition coefficient (Wildman–Crippen LogP) is 2.54. The summed E-state index contributed by atoms with van der Waals surface area (Å²) in [6.45, 7) is 5.45. The molecule has 104 valence electrons. The van der Waals surface area contributed by atoms with Crippen molar-refractivity contribution in [2.45, 2.75) is 19.5 Å². The maximum Gasteiger partial charge on any atom is 0.433 e. The number of carbonyl (C=O) groups excluding carboxylic acids is 1. The summed E-state index contributed by atoms with van der Waals surface area (Å²) in [6.07, 6.45) is -4.17. The van der Waals surface area contributed by atoms with Crippen molar-refractivity contribution in [2.24, 2.45) is 5.73 Å². The van der Waals surface area contributed by atoms with Crippen molar-refractivity contribution < 1.29 is 22.7 Å². The minimum atomic E-state index is -4.61. The molecule has 0 saturated carbocycles. The van der Waals surface area contributed by atoms with E-state index in [0.717, 1.165) is 11.6 Å². The second-order valence-electron chi connectivity index (χ2n) is 3.97. The van der Waals surface area contributed by atoms with Gasteiger partial charge >= 0.3 is 6.18 Å². The Balaban J connectivity index is 3.02. The summed E-state index contributed by atoms with van der Waals surface area (Å²) in [6, 6.07) is 1.64. The maximum atomic E-state index is 12.5. The number of alkyl halides is 3. The number of hydrogen-bond acceptors (Lipinski definition) is 3. The third-order valence-electron chi connectivity index (χ3n) is 2.18. The molecule has 2 N–H and O–H groups in total. The molecule has 1 aromatic rings. The van der Waals surface area contributed by atoms with Crippen LogP contribution in [-0.2, 0) is 6.18 Å². The molecule has 0 saturated heterocycles. The van der Waals surface area contributed by atoms with Crippen LogP contribution in [0.3, 0.4) is 0 Å². The van der Waals surface area contributed by atoms with Crippen LogP contribution in [0.4, 0.5) is 13.2 Å². The predicted molar refractivity (Wildman–Crippen MR) is 62.7 cm³/mol. The number of aromatic nitrogens is 1. The lowest BCUT2D eigenvalue weighted by molar-refractivity contribution is -0.141. The minimum absolute atomic E-state index is 0.0733. The lowest BCUT2D eigenvalue weighted by Crippen LogP contribution is -2.17. The molecule has 0 unspecified atom stereocenters. The fourth-order valence-corrected chi connectivity index (χ4v) is 1.22. The first kappa shape index (κ1) is 15.0. The number of carbonyl (C=O) groups is 1. The molecule has 1 amide bonds. The van der Waals surface area contributed by atoms with Gasteiger partial charge in [0.1, 0.15) is 11.3 Å². The topological polar surface area (TPSA) is 65.2 Å². The number of amides is 1. The Bertz CT molecular complexity index is 498. The minimum Gasteiger partial charge on any atom is -0.477 e. The summed E-state index contributed by atoms with van der Waals surface area (Å²) in [5.74, 6) is -1.31. The zero-order valence-corrected chi connectivity index (χ0v) is 10.3. The van der Waals surface area contributed by atoms with E-state index in [0.29, 0.717) is 12.5 Å². The molecule has 1 heterocycles. The molecule has 0 aromatic carbocycles. The molecule has 0 bridgehead atoms. The van der Waals surface area contributed by atoms with E-state index in [1.54, 1.807) is 6.92 Å². The van der Waals surface area contributed by atoms with E-state index in [1.165, 1.54) is 0 Å². The van der Waals surface area contributed by atoms with Gasteiger partial charge in [-0.05, 0) is 19.1 Å². The van der Waals surface area contributed by atoms with E-state index in [-0.39, 0.29) is 12.2 Å². The van der Waals surface area contributed by atoms with E-state index >= 15 is 0 Å². The first-order valence-corrected chi connectivity index (χ1v) is 5.37. The number of nitrogens with two attached hydrogens (primary N) is 1. The van der Waals surface area contributed by atoms with Crippen LogP contribution in [0.2, 0.25) is 0 Å². The number of nitrogens with zero attached hydrogens (tertiary/aromatic N) is 1. The Morgan fingerprint density at radius 1 is 1.47 bits per heavy atom. The van der Waals surface area contributed by atoms with Crippen molar-refractivity contribution in [3.8, 4) is 5.88 Å². The van der Waals surface area contributed by atoms with E-state index < -0.39 is 23.7 Å². The molecule has 0 aliphatic rings. The molecule has 1 aromatic heterocycles. The molecule has 4 nitrogen and oxygen atoms in total. The second-order valence-corrected chi connectivity index (χ2v) is 3.97. The molecular formula is C12H13F3N2O2. The number of halogens is 3. The summed E-state index contributed by atoms with van der Waals surface area (Å²) in [7, 11) is 0. The van der Waals surface area contributed by atoms with Gasteiger partial charge in [0.15, 0.2) is 0 Å². The highest BCUT2D eigenvalue weighted by Crippen LogP contribution is 2.30. The molecule has 0 spiro atoms. The van der Waals surface area contributed by atoms with Gasteiger partial charge in [-0.2, -0.15) is 13.2 Å². The van der Waals surface area contributed by atoms with Gasteiger partial charge in [0.05, 0.1) is 6.61 Å². The lowest BCUT2D eigenvalue weighted by atomic mass is 10.2. The Kier molecular flexibility index (Phi) is 4.52. The average Bonchev–Trinajstić information content (AvgIpc) is 2.26. The molecule has 7 heteroatoms. The van der Waals surface area contributed by atoms with Crippen LogP contribution in [0.1, 0.15) is 29.4 Å². The highest BCUT2D eigenvalue weighted by molar-refractivity contribution is 5.95. The fourth-order valence-electron chi connectivity index (χ4n) is 1.22. The third kappa shape index (κ3) is 4.27. The highest BCUT2D eigenvalue weighted by Gasteiger charge is 2.33. The van der Waals surface area contributed by atoms with Crippen molar-refractivity contribution in [3.05, 3.63) is 35.5 Å². The van der Waals surface area contributed by atoms with Crippen molar-refractivity contribution in [2.75, 3.05) is 6.61 Å². The summed E-state index contributed by atoms with van der Waals surface area (Å²) in [4.78, 5) is 14.4. The maximum absolute atomic E-state index is 12.5. The first-order valence-electron chi connectivity index (χ1n) is 5.37. The van der Waals surface area contributed by atoms with E-state index in [4.69, 9.17) is 10.5 Å². The lowest BCUT2D eigenvalue weighted by Gasteiger charge is -2.11. The summed E-state index contributed by atoms with van der Waals surface area (Å²) < 4.78 is 42.6. The van der Waals surface area contributed by atoms with Crippen LogP contribution in [0.5, 0.6) is 5.88 Å². The van der Waals surface area contributed by atoms with Crippen molar-refractivity contribution >= 4 is 5.91 Å². The Morgan fingerprint density at radius 2 is 2.11 bits per heavy atom. The van der Waals surface area contributed by atoms with Gasteiger partial charge in [-0.3, -0.25) is 4.79 Å². The molecule has 0 aliphatic carbocycles. The van der Waals surface area contributed by atoms with E-state index in [9.17, 15) is 18.0 Å². The first-order chi connectivity index (χ1) is 8.71. The number of primary amides is 1. The Hall–Kier alpha value is -2.05. The molecule has 0 fully saturated rings. The number of hydrogen-bond donors (Lipinski definition) is 1. The van der Waals surface area contributed by atoms with Gasteiger partial charge in [-0.1, -0.05) is 5.57 Å². The molecular weight excluding hydrogens is 261 g/mol. The monoisotopic (exact) mass is 274 g/mol. The van der Waals surface area contributed by atoms with E-state index in [2.05, 4.69) is 11.6 Å². The molecule has 0 atom stereocenters. The van der Waals surface area contributed by atoms with Crippen LogP contribution in [0.15, 0.2) is 24.3 Å². The van der Waals surface area contributed by atoms with Crippen LogP contribution in [0.25, 0.3) is 0 Å². The van der Waals surface area contributed by atoms with Crippen LogP contribution in [-0.4, -0.2) is 17.5 Å². The number of ether oxygens (including phenoxy) is 1. The molecule has 1 rings (SSSR count). The molecule has 0 aliphatic heterocycles. The highest BCUT2D eigenvalue weighted by atomic mass is 19.4. The van der Waals surface area contributed by atoms with Crippen LogP contribution >= 0.6 is 0 Å². The van der Waals surface area contributed by atoms with Gasteiger partial charge < -0.3 is 10.5 Å². The zero-order valence-electron chi connectivity index (χ0n) is 10.3. The van der Waals surface area contributed by atoms with Gasteiger partial charge in [0.25, 0.3) is 5.91 Å². The average molecular weight is 274 g/mol. The zero-order chi connectivity index (χ0) is 14.6. The third-order valence-corrected chi connectivity index (χ3v) is 2.18. The molecule has 0 radical (unpaired) electrons. The largest absolute Gasteiger partial charge is 0.477 e. The standard InChI is InChI=1S/C12H13F3N2O2/c1-7(2)5-6-19-11-8(10(16)18)3-4-9(17-11)12(13,14)15/h3-4H,1,5-6H2,2H3,(H2,16,18). The van der Waals surface area contributed by atoms with E-state index in [1.807, 2.05) is 0 Å². The quantitative estimate of drug-likeness (QED) is 0.839. The number of pyridine rings is 1. The fraction of sp³-hybridized carbons (Fsp3) is 0.333. The van der Waals surface area contributed by atoms with Gasteiger partial charge in [0.2, 0.25) is 5.88 Å². The normalized spacial score (nSPS) is 11.2. The smallest absolute Gasteiger partial charge is 0.433 e. The van der Waals surface area contributed by atoms with Crippen molar-refractivity contribution in [1.29, 1.82) is 0 Å².